The molecule has 0 fully saturated rings. The molecule has 0 aliphatic rings. The lowest BCUT2D eigenvalue weighted by molar-refractivity contribution is 0.0950. The lowest BCUT2D eigenvalue weighted by atomic mass is 10.1. The van der Waals surface area contributed by atoms with Gasteiger partial charge in [-0.15, -0.1) is 0 Å². The summed E-state index contributed by atoms with van der Waals surface area (Å²) < 4.78 is 1.83. The van der Waals surface area contributed by atoms with Crippen molar-refractivity contribution in [2.45, 2.75) is 33.4 Å². The fourth-order valence-corrected chi connectivity index (χ4v) is 2.12. The first-order chi connectivity index (χ1) is 10.1. The van der Waals surface area contributed by atoms with E-state index in [2.05, 4.69) is 10.4 Å². The van der Waals surface area contributed by atoms with E-state index in [0.717, 1.165) is 24.2 Å². The Morgan fingerprint density at radius 1 is 1.29 bits per heavy atom. The van der Waals surface area contributed by atoms with E-state index in [1.807, 2.05) is 42.8 Å². The molecule has 1 amide bonds. The second-order valence-electron chi connectivity index (χ2n) is 5.18. The number of nitrogens with zero attached hydrogens (tertiary/aromatic N) is 2. The molecule has 5 nitrogen and oxygen atoms in total. The van der Waals surface area contributed by atoms with Crippen LogP contribution in [0.3, 0.4) is 0 Å². The van der Waals surface area contributed by atoms with Gasteiger partial charge in [-0.25, -0.2) is 0 Å². The lowest BCUT2D eigenvalue weighted by Gasteiger charge is -2.06. The number of rotatable bonds is 6. The SMILES string of the molecule is Cc1ccc(CNC(=O)c2cnn(CCCN)c2C)cc1. The smallest absolute Gasteiger partial charge is 0.255 e. The maximum absolute atomic E-state index is 12.2. The topological polar surface area (TPSA) is 72.9 Å². The van der Waals surface area contributed by atoms with E-state index in [9.17, 15) is 4.79 Å². The van der Waals surface area contributed by atoms with Crippen molar-refractivity contribution in [2.24, 2.45) is 5.73 Å². The van der Waals surface area contributed by atoms with Crippen LogP contribution in [-0.2, 0) is 13.1 Å². The summed E-state index contributed by atoms with van der Waals surface area (Å²) in [5.41, 5.74) is 9.29. The van der Waals surface area contributed by atoms with Crippen LogP contribution in [0.1, 0.15) is 33.6 Å². The summed E-state index contributed by atoms with van der Waals surface area (Å²) in [5, 5.41) is 7.17. The summed E-state index contributed by atoms with van der Waals surface area (Å²) in [4.78, 5) is 12.2. The van der Waals surface area contributed by atoms with E-state index < -0.39 is 0 Å². The summed E-state index contributed by atoms with van der Waals surface area (Å²) in [7, 11) is 0. The molecule has 5 heteroatoms. The Morgan fingerprint density at radius 3 is 2.67 bits per heavy atom. The molecule has 0 unspecified atom stereocenters. The summed E-state index contributed by atoms with van der Waals surface area (Å²) in [6, 6.07) is 8.12. The first-order valence-electron chi connectivity index (χ1n) is 7.18. The van der Waals surface area contributed by atoms with Crippen LogP contribution in [0, 0.1) is 13.8 Å². The van der Waals surface area contributed by atoms with Gasteiger partial charge >= 0.3 is 0 Å². The summed E-state index contributed by atoms with van der Waals surface area (Å²) in [6.45, 7) is 5.83. The average molecular weight is 286 g/mol. The Hall–Kier alpha value is -2.14. The van der Waals surface area contributed by atoms with Crippen molar-refractivity contribution in [1.82, 2.24) is 15.1 Å². The molecule has 0 radical (unpaired) electrons. The zero-order valence-electron chi connectivity index (χ0n) is 12.6. The van der Waals surface area contributed by atoms with Crippen molar-refractivity contribution < 1.29 is 4.79 Å². The first kappa shape index (κ1) is 15.3. The monoisotopic (exact) mass is 286 g/mol. The molecule has 21 heavy (non-hydrogen) atoms. The molecule has 1 aromatic carbocycles. The van der Waals surface area contributed by atoms with Gasteiger partial charge < -0.3 is 11.1 Å². The van der Waals surface area contributed by atoms with Crippen molar-refractivity contribution >= 4 is 5.91 Å². The number of hydrogen-bond acceptors (Lipinski definition) is 3. The largest absolute Gasteiger partial charge is 0.348 e. The van der Waals surface area contributed by atoms with Crippen LogP contribution in [0.4, 0.5) is 0 Å². The third kappa shape index (κ3) is 3.92. The highest BCUT2D eigenvalue weighted by molar-refractivity contribution is 5.94. The lowest BCUT2D eigenvalue weighted by Crippen LogP contribution is -2.23. The standard InChI is InChI=1S/C16H22N4O/c1-12-4-6-14(7-5-12)10-18-16(21)15-11-19-20(13(15)2)9-3-8-17/h4-7,11H,3,8-10,17H2,1-2H3,(H,18,21). The third-order valence-corrected chi connectivity index (χ3v) is 3.50. The van der Waals surface area contributed by atoms with Gasteiger partial charge in [-0.3, -0.25) is 9.48 Å². The number of nitrogens with two attached hydrogens (primary N) is 1. The van der Waals surface area contributed by atoms with Gasteiger partial charge in [0.2, 0.25) is 0 Å². The molecule has 112 valence electrons. The Balaban J connectivity index is 1.97. The van der Waals surface area contributed by atoms with Gasteiger partial charge in [0.25, 0.3) is 5.91 Å². The number of hydrogen-bond donors (Lipinski definition) is 2. The van der Waals surface area contributed by atoms with Gasteiger partial charge in [-0.05, 0) is 32.4 Å². The number of aromatic nitrogens is 2. The minimum Gasteiger partial charge on any atom is -0.348 e. The highest BCUT2D eigenvalue weighted by Gasteiger charge is 2.13. The van der Waals surface area contributed by atoms with E-state index in [-0.39, 0.29) is 5.91 Å². The molecule has 0 aliphatic heterocycles. The van der Waals surface area contributed by atoms with Gasteiger partial charge in [-0.2, -0.15) is 5.10 Å². The van der Waals surface area contributed by atoms with E-state index in [4.69, 9.17) is 5.73 Å². The van der Waals surface area contributed by atoms with Crippen molar-refractivity contribution in [3.8, 4) is 0 Å². The van der Waals surface area contributed by atoms with E-state index in [1.165, 1.54) is 5.56 Å². The molecular formula is C16H22N4O. The molecule has 0 bridgehead atoms. The van der Waals surface area contributed by atoms with Crippen LogP contribution in [0.5, 0.6) is 0 Å². The average Bonchev–Trinajstić information content (AvgIpc) is 2.85. The number of benzene rings is 1. The predicted molar refractivity (Wildman–Crippen MR) is 83.0 cm³/mol. The number of carbonyl (C=O) groups excluding carboxylic acids is 1. The summed E-state index contributed by atoms with van der Waals surface area (Å²) in [5.74, 6) is -0.0907. The molecule has 0 atom stereocenters. The number of aryl methyl sites for hydroxylation is 2. The molecule has 0 spiro atoms. The van der Waals surface area contributed by atoms with E-state index >= 15 is 0 Å². The van der Waals surface area contributed by atoms with Crippen LogP contribution in [0.25, 0.3) is 0 Å². The zero-order valence-corrected chi connectivity index (χ0v) is 12.6. The van der Waals surface area contributed by atoms with Crippen LogP contribution < -0.4 is 11.1 Å². The van der Waals surface area contributed by atoms with Gasteiger partial charge in [0.05, 0.1) is 11.8 Å². The molecule has 0 saturated heterocycles. The Labute approximate surface area is 125 Å². The summed E-state index contributed by atoms with van der Waals surface area (Å²) >= 11 is 0. The molecule has 1 heterocycles. The Bertz CT molecular complexity index is 601. The van der Waals surface area contributed by atoms with Crippen LogP contribution in [0.2, 0.25) is 0 Å². The second-order valence-corrected chi connectivity index (χ2v) is 5.18. The van der Waals surface area contributed by atoms with Gasteiger partial charge in [0, 0.05) is 18.8 Å². The van der Waals surface area contributed by atoms with E-state index in [0.29, 0.717) is 18.7 Å². The van der Waals surface area contributed by atoms with Crippen molar-refractivity contribution in [3.63, 3.8) is 0 Å². The molecule has 3 N–H and O–H groups in total. The highest BCUT2D eigenvalue weighted by Crippen LogP contribution is 2.09. The quantitative estimate of drug-likeness (QED) is 0.850. The maximum atomic E-state index is 12.2. The van der Waals surface area contributed by atoms with Crippen LogP contribution in [-0.4, -0.2) is 22.2 Å². The number of amides is 1. The third-order valence-electron chi connectivity index (χ3n) is 3.50. The van der Waals surface area contributed by atoms with Gasteiger partial charge in [-0.1, -0.05) is 29.8 Å². The molecule has 1 aromatic heterocycles. The maximum Gasteiger partial charge on any atom is 0.255 e. The fourth-order valence-electron chi connectivity index (χ4n) is 2.12. The minimum atomic E-state index is -0.0907. The molecule has 0 saturated carbocycles. The zero-order chi connectivity index (χ0) is 15.2. The van der Waals surface area contributed by atoms with E-state index in [1.54, 1.807) is 6.20 Å². The van der Waals surface area contributed by atoms with Crippen LogP contribution in [0.15, 0.2) is 30.5 Å². The molecule has 0 aliphatic carbocycles. The number of carbonyl (C=O) groups is 1. The Kier molecular flexibility index (Phi) is 5.11. The minimum absolute atomic E-state index is 0.0907. The highest BCUT2D eigenvalue weighted by atomic mass is 16.1. The Morgan fingerprint density at radius 2 is 2.00 bits per heavy atom. The van der Waals surface area contributed by atoms with Crippen LogP contribution >= 0.6 is 0 Å². The van der Waals surface area contributed by atoms with Crippen molar-refractivity contribution in [2.75, 3.05) is 6.54 Å². The first-order valence-corrected chi connectivity index (χ1v) is 7.18. The molecule has 2 rings (SSSR count). The molecular weight excluding hydrogens is 264 g/mol. The fraction of sp³-hybridized carbons (Fsp3) is 0.375. The molecule has 2 aromatic rings. The van der Waals surface area contributed by atoms with Crippen molar-refractivity contribution in [3.05, 3.63) is 52.8 Å². The number of nitrogens with one attached hydrogen (secondary N) is 1. The predicted octanol–water partition coefficient (Wildman–Crippen LogP) is 1.78. The van der Waals surface area contributed by atoms with Gasteiger partial charge in [0.1, 0.15) is 0 Å². The normalized spacial score (nSPS) is 10.6. The summed E-state index contributed by atoms with van der Waals surface area (Å²) in [6.07, 6.45) is 2.48. The van der Waals surface area contributed by atoms with Gasteiger partial charge in [0.15, 0.2) is 0 Å². The second kappa shape index (κ2) is 7.04. The van der Waals surface area contributed by atoms with Crippen molar-refractivity contribution in [1.29, 1.82) is 0 Å².